The van der Waals surface area contributed by atoms with Gasteiger partial charge in [0.15, 0.2) is 5.78 Å². The number of thiophene rings is 1. The summed E-state index contributed by atoms with van der Waals surface area (Å²) in [6.45, 7) is 3.54. The average molecular weight is 283 g/mol. The molecule has 6 heteroatoms. The molecule has 0 radical (unpaired) electrons. The first-order valence-electron chi connectivity index (χ1n) is 6.12. The highest BCUT2D eigenvalue weighted by atomic mass is 32.1. The van der Waals surface area contributed by atoms with E-state index in [4.69, 9.17) is 0 Å². The summed E-state index contributed by atoms with van der Waals surface area (Å²) in [7, 11) is 0. The molecule has 0 aliphatic carbocycles. The molecular formula is C13H17NO4S. The molecule has 1 aliphatic rings. The Morgan fingerprint density at radius 2 is 2.05 bits per heavy atom. The number of carbonyl (C=O) groups is 2. The van der Waals surface area contributed by atoms with Crippen LogP contribution in [0.5, 0.6) is 0 Å². The summed E-state index contributed by atoms with van der Waals surface area (Å²) in [5, 5.41) is 19.7. The van der Waals surface area contributed by atoms with E-state index in [1.807, 2.05) is 0 Å². The van der Waals surface area contributed by atoms with Gasteiger partial charge in [0, 0.05) is 13.1 Å². The van der Waals surface area contributed by atoms with E-state index in [0.29, 0.717) is 22.7 Å². The standard InChI is InChI=1S/C13H17NO4S/c1-8(15)9-3-4-10(19-9)12(17)14-6-5-13(2,18)11(16)7-14/h3-4,11,16,18H,5-7H2,1-2H3/t11-,13+/m0/s1. The Kier molecular flexibility index (Phi) is 3.75. The first kappa shape index (κ1) is 14.2. The third-order valence-electron chi connectivity index (χ3n) is 3.45. The second-order valence-electron chi connectivity index (χ2n) is 5.09. The van der Waals surface area contributed by atoms with Crippen molar-refractivity contribution in [2.45, 2.75) is 32.0 Å². The van der Waals surface area contributed by atoms with E-state index in [-0.39, 0.29) is 18.2 Å². The minimum atomic E-state index is -1.14. The summed E-state index contributed by atoms with van der Waals surface area (Å²) < 4.78 is 0. The lowest BCUT2D eigenvalue weighted by Crippen LogP contribution is -2.55. The minimum absolute atomic E-state index is 0.0642. The molecule has 1 amide bonds. The van der Waals surface area contributed by atoms with Crippen molar-refractivity contribution >= 4 is 23.0 Å². The first-order chi connectivity index (χ1) is 8.81. The number of likely N-dealkylation sites (tertiary alicyclic amines) is 1. The lowest BCUT2D eigenvalue weighted by atomic mass is 9.91. The van der Waals surface area contributed by atoms with Crippen molar-refractivity contribution in [3.05, 3.63) is 21.9 Å². The minimum Gasteiger partial charge on any atom is -0.388 e. The van der Waals surface area contributed by atoms with E-state index in [2.05, 4.69) is 0 Å². The third-order valence-corrected chi connectivity index (χ3v) is 4.62. The predicted octanol–water partition coefficient (Wildman–Crippen LogP) is 0.909. The SMILES string of the molecule is CC(=O)c1ccc(C(=O)N2CC[C@@](C)(O)[C@@H](O)C2)s1. The lowest BCUT2D eigenvalue weighted by Gasteiger charge is -2.39. The van der Waals surface area contributed by atoms with Crippen LogP contribution in [0.25, 0.3) is 0 Å². The van der Waals surface area contributed by atoms with Crippen LogP contribution < -0.4 is 0 Å². The van der Waals surface area contributed by atoms with Gasteiger partial charge in [-0.15, -0.1) is 11.3 Å². The van der Waals surface area contributed by atoms with E-state index in [1.54, 1.807) is 19.1 Å². The summed E-state index contributed by atoms with van der Waals surface area (Å²) in [4.78, 5) is 26.0. The second kappa shape index (κ2) is 5.03. The molecule has 2 atom stereocenters. The third kappa shape index (κ3) is 2.86. The number of hydrogen-bond donors (Lipinski definition) is 2. The Hall–Kier alpha value is -1.24. The summed E-state index contributed by atoms with van der Waals surface area (Å²) in [5.41, 5.74) is -1.14. The molecule has 0 spiro atoms. The highest BCUT2D eigenvalue weighted by Gasteiger charge is 2.38. The number of carbonyl (C=O) groups excluding carboxylic acids is 2. The molecule has 2 heterocycles. The number of amides is 1. The number of β-amino-alcohol motifs (C(OH)–C–C–N with tert-alkyl or cyclic N) is 1. The van der Waals surface area contributed by atoms with E-state index in [9.17, 15) is 19.8 Å². The summed E-state index contributed by atoms with van der Waals surface area (Å²) in [6.07, 6.45) is -0.609. The molecule has 0 saturated carbocycles. The van der Waals surface area contributed by atoms with Crippen molar-refractivity contribution in [3.8, 4) is 0 Å². The number of Topliss-reactive ketones (excluding diaryl/α,β-unsaturated/α-hetero) is 1. The second-order valence-corrected chi connectivity index (χ2v) is 6.18. The molecule has 2 rings (SSSR count). The number of nitrogens with zero attached hydrogens (tertiary/aromatic N) is 1. The fourth-order valence-corrected chi connectivity index (χ4v) is 2.88. The average Bonchev–Trinajstić information content (AvgIpc) is 2.81. The zero-order valence-corrected chi connectivity index (χ0v) is 11.7. The van der Waals surface area contributed by atoms with Crippen LogP contribution in [0.3, 0.4) is 0 Å². The number of rotatable bonds is 2. The molecular weight excluding hydrogens is 266 g/mol. The Bertz CT molecular complexity index is 508. The predicted molar refractivity (Wildman–Crippen MR) is 71.5 cm³/mol. The van der Waals surface area contributed by atoms with Crippen molar-refractivity contribution in [2.24, 2.45) is 0 Å². The largest absolute Gasteiger partial charge is 0.388 e. The molecule has 5 nitrogen and oxygen atoms in total. The van der Waals surface area contributed by atoms with Gasteiger partial charge in [-0.2, -0.15) is 0 Å². The number of aliphatic hydroxyl groups is 2. The first-order valence-corrected chi connectivity index (χ1v) is 6.93. The van der Waals surface area contributed by atoms with Gasteiger partial charge in [0.05, 0.1) is 21.5 Å². The lowest BCUT2D eigenvalue weighted by molar-refractivity contribution is -0.0998. The van der Waals surface area contributed by atoms with Crippen LogP contribution in [0.2, 0.25) is 0 Å². The topological polar surface area (TPSA) is 77.8 Å². The zero-order valence-electron chi connectivity index (χ0n) is 10.9. The number of hydrogen-bond acceptors (Lipinski definition) is 5. The van der Waals surface area contributed by atoms with Crippen molar-refractivity contribution in [2.75, 3.05) is 13.1 Å². The van der Waals surface area contributed by atoms with Crippen molar-refractivity contribution < 1.29 is 19.8 Å². The monoisotopic (exact) mass is 283 g/mol. The van der Waals surface area contributed by atoms with E-state index < -0.39 is 11.7 Å². The number of piperidine rings is 1. The van der Waals surface area contributed by atoms with Gasteiger partial charge in [-0.1, -0.05) is 0 Å². The van der Waals surface area contributed by atoms with Gasteiger partial charge in [-0.3, -0.25) is 9.59 Å². The molecule has 0 bridgehead atoms. The van der Waals surface area contributed by atoms with Gasteiger partial charge in [0.25, 0.3) is 5.91 Å². The summed E-state index contributed by atoms with van der Waals surface area (Å²) in [5.74, 6) is -0.266. The number of aliphatic hydroxyl groups excluding tert-OH is 1. The molecule has 1 aliphatic heterocycles. The van der Waals surface area contributed by atoms with E-state index in [0.717, 1.165) is 11.3 Å². The highest BCUT2D eigenvalue weighted by molar-refractivity contribution is 7.15. The van der Waals surface area contributed by atoms with Gasteiger partial charge in [0.1, 0.15) is 0 Å². The quantitative estimate of drug-likeness (QED) is 0.791. The molecule has 1 aromatic rings. The zero-order chi connectivity index (χ0) is 14.2. The van der Waals surface area contributed by atoms with E-state index >= 15 is 0 Å². The van der Waals surface area contributed by atoms with Crippen LogP contribution in [-0.4, -0.2) is 51.6 Å². The van der Waals surface area contributed by atoms with Gasteiger partial charge in [-0.25, -0.2) is 0 Å². The van der Waals surface area contributed by atoms with Gasteiger partial charge in [0.2, 0.25) is 0 Å². The molecule has 2 N–H and O–H groups in total. The molecule has 1 fully saturated rings. The Morgan fingerprint density at radius 3 is 2.58 bits per heavy atom. The Labute approximate surface area is 115 Å². The fourth-order valence-electron chi connectivity index (χ4n) is 2.01. The maximum atomic E-state index is 12.2. The van der Waals surface area contributed by atoms with E-state index in [1.165, 1.54) is 11.8 Å². The summed E-state index contributed by atoms with van der Waals surface area (Å²) in [6, 6.07) is 3.26. The van der Waals surface area contributed by atoms with Crippen LogP contribution >= 0.6 is 11.3 Å². The van der Waals surface area contributed by atoms with Crippen LogP contribution in [0.1, 0.15) is 39.6 Å². The van der Waals surface area contributed by atoms with Crippen LogP contribution in [0.4, 0.5) is 0 Å². The van der Waals surface area contributed by atoms with Gasteiger partial charge >= 0.3 is 0 Å². The number of ketones is 1. The normalized spacial score (nSPS) is 27.4. The molecule has 1 saturated heterocycles. The smallest absolute Gasteiger partial charge is 0.264 e. The maximum Gasteiger partial charge on any atom is 0.264 e. The van der Waals surface area contributed by atoms with Crippen LogP contribution in [0, 0.1) is 0 Å². The molecule has 19 heavy (non-hydrogen) atoms. The van der Waals surface area contributed by atoms with Gasteiger partial charge < -0.3 is 15.1 Å². The highest BCUT2D eigenvalue weighted by Crippen LogP contribution is 2.25. The fraction of sp³-hybridized carbons (Fsp3) is 0.538. The molecule has 0 aromatic carbocycles. The van der Waals surface area contributed by atoms with Crippen LogP contribution in [-0.2, 0) is 0 Å². The summed E-state index contributed by atoms with van der Waals surface area (Å²) >= 11 is 1.16. The molecule has 0 unspecified atom stereocenters. The van der Waals surface area contributed by atoms with Crippen LogP contribution in [0.15, 0.2) is 12.1 Å². The molecule has 1 aromatic heterocycles. The van der Waals surface area contributed by atoms with Gasteiger partial charge in [-0.05, 0) is 32.4 Å². The maximum absolute atomic E-state index is 12.2. The van der Waals surface area contributed by atoms with Crippen molar-refractivity contribution in [1.29, 1.82) is 0 Å². The Balaban J connectivity index is 2.10. The van der Waals surface area contributed by atoms with Crippen molar-refractivity contribution in [1.82, 2.24) is 4.90 Å². The Morgan fingerprint density at radius 1 is 1.42 bits per heavy atom. The van der Waals surface area contributed by atoms with Crippen molar-refractivity contribution in [3.63, 3.8) is 0 Å². The molecule has 104 valence electrons.